The van der Waals surface area contributed by atoms with Crippen LogP contribution in [0.4, 0.5) is 5.82 Å². The molecule has 0 saturated carbocycles. The van der Waals surface area contributed by atoms with Gasteiger partial charge < -0.3 is 10.3 Å². The van der Waals surface area contributed by atoms with Crippen LogP contribution in [-0.4, -0.2) is 22.8 Å². The third-order valence-corrected chi connectivity index (χ3v) is 4.82. The predicted octanol–water partition coefficient (Wildman–Crippen LogP) is 4.23. The molecule has 3 aromatic rings. The van der Waals surface area contributed by atoms with Gasteiger partial charge in [0, 0.05) is 42.9 Å². The van der Waals surface area contributed by atoms with Crippen molar-refractivity contribution in [2.75, 3.05) is 12.4 Å². The lowest BCUT2D eigenvalue weighted by Crippen LogP contribution is -2.11. The number of aromatic amines is 1. The highest BCUT2D eigenvalue weighted by Gasteiger charge is 2.26. The summed E-state index contributed by atoms with van der Waals surface area (Å²) in [7, 11) is 1.86. The highest BCUT2D eigenvalue weighted by molar-refractivity contribution is 6.01. The van der Waals surface area contributed by atoms with E-state index in [0.29, 0.717) is 6.42 Å². The van der Waals surface area contributed by atoms with Crippen LogP contribution in [-0.2, 0) is 12.8 Å². The standard InChI is InChI=1S/C21H21N3O/c1-22-19-13-15(10-11-23-19)21-16(12-14-6-3-2-4-7-14)20-17(24-21)8-5-9-18(20)25/h2-4,6-7,10-11,13,24H,5,8-9,12H2,1H3,(H,22,23). The van der Waals surface area contributed by atoms with E-state index in [1.807, 2.05) is 37.4 Å². The molecule has 126 valence electrons. The highest BCUT2D eigenvalue weighted by atomic mass is 16.1. The normalized spacial score (nSPS) is 13.6. The van der Waals surface area contributed by atoms with Crippen LogP contribution in [0.2, 0.25) is 0 Å². The average molecular weight is 331 g/mol. The summed E-state index contributed by atoms with van der Waals surface area (Å²) in [6.45, 7) is 0. The number of hydrogen-bond donors (Lipinski definition) is 2. The van der Waals surface area contributed by atoms with Gasteiger partial charge >= 0.3 is 0 Å². The monoisotopic (exact) mass is 331 g/mol. The molecule has 2 N–H and O–H groups in total. The minimum absolute atomic E-state index is 0.262. The number of aromatic nitrogens is 2. The van der Waals surface area contributed by atoms with Crippen molar-refractivity contribution < 1.29 is 4.79 Å². The third-order valence-electron chi connectivity index (χ3n) is 4.82. The maximum atomic E-state index is 12.6. The van der Waals surface area contributed by atoms with Crippen molar-refractivity contribution in [3.63, 3.8) is 0 Å². The SMILES string of the molecule is CNc1cc(-c2[nH]c3c(c2Cc2ccccc2)C(=O)CCC3)ccn1. The number of carbonyl (C=O) groups is 1. The van der Waals surface area contributed by atoms with Gasteiger partial charge in [-0.1, -0.05) is 30.3 Å². The third kappa shape index (κ3) is 2.95. The molecule has 0 aliphatic heterocycles. The van der Waals surface area contributed by atoms with Crippen molar-refractivity contribution in [2.45, 2.75) is 25.7 Å². The number of benzene rings is 1. The van der Waals surface area contributed by atoms with E-state index < -0.39 is 0 Å². The second kappa shape index (κ2) is 6.55. The largest absolute Gasteiger partial charge is 0.373 e. The molecule has 0 saturated heterocycles. The molecule has 0 fully saturated rings. The quantitative estimate of drug-likeness (QED) is 0.752. The first-order chi connectivity index (χ1) is 12.3. The molecule has 0 atom stereocenters. The van der Waals surface area contributed by atoms with Crippen LogP contribution in [0.15, 0.2) is 48.7 Å². The van der Waals surface area contributed by atoms with Crippen molar-refractivity contribution in [3.8, 4) is 11.3 Å². The van der Waals surface area contributed by atoms with E-state index in [4.69, 9.17) is 0 Å². The van der Waals surface area contributed by atoms with Crippen LogP contribution in [0.25, 0.3) is 11.3 Å². The van der Waals surface area contributed by atoms with E-state index in [9.17, 15) is 4.79 Å². The van der Waals surface area contributed by atoms with Crippen molar-refractivity contribution in [1.29, 1.82) is 0 Å². The number of ketones is 1. The van der Waals surface area contributed by atoms with Crippen LogP contribution in [0.3, 0.4) is 0 Å². The smallest absolute Gasteiger partial charge is 0.165 e. The van der Waals surface area contributed by atoms with Crippen LogP contribution in [0.5, 0.6) is 0 Å². The average Bonchev–Trinajstić information content (AvgIpc) is 3.02. The van der Waals surface area contributed by atoms with Crippen LogP contribution in [0.1, 0.15) is 40.0 Å². The Morgan fingerprint density at radius 1 is 1.16 bits per heavy atom. The second-order valence-electron chi connectivity index (χ2n) is 6.45. The van der Waals surface area contributed by atoms with E-state index in [1.54, 1.807) is 6.20 Å². The number of Topliss-reactive ketones (excluding diaryl/α,β-unsaturated/α-hetero) is 1. The lowest BCUT2D eigenvalue weighted by atomic mass is 9.90. The molecule has 25 heavy (non-hydrogen) atoms. The molecule has 2 heterocycles. The summed E-state index contributed by atoms with van der Waals surface area (Å²) < 4.78 is 0. The van der Waals surface area contributed by atoms with E-state index in [2.05, 4.69) is 27.4 Å². The fourth-order valence-electron chi connectivity index (χ4n) is 3.62. The molecule has 0 amide bonds. The summed E-state index contributed by atoms with van der Waals surface area (Å²) in [5.74, 6) is 1.08. The molecule has 0 spiro atoms. The van der Waals surface area contributed by atoms with Gasteiger partial charge in [0.05, 0.1) is 5.69 Å². The van der Waals surface area contributed by atoms with Gasteiger partial charge in [0.15, 0.2) is 5.78 Å². The van der Waals surface area contributed by atoms with Gasteiger partial charge in [0.2, 0.25) is 0 Å². The molecule has 1 aliphatic carbocycles. The fraction of sp³-hybridized carbons (Fsp3) is 0.238. The number of fused-ring (bicyclic) bond motifs is 1. The van der Waals surface area contributed by atoms with E-state index in [1.165, 1.54) is 5.56 Å². The summed E-state index contributed by atoms with van der Waals surface area (Å²) in [4.78, 5) is 20.5. The lowest BCUT2D eigenvalue weighted by Gasteiger charge is -2.12. The van der Waals surface area contributed by atoms with Gasteiger partial charge in [-0.15, -0.1) is 0 Å². The zero-order chi connectivity index (χ0) is 17.2. The Kier molecular flexibility index (Phi) is 4.10. The van der Waals surface area contributed by atoms with Gasteiger partial charge in [-0.05, 0) is 36.1 Å². The van der Waals surface area contributed by atoms with Crippen molar-refractivity contribution in [3.05, 3.63) is 71.0 Å². The zero-order valence-corrected chi connectivity index (χ0v) is 14.3. The topological polar surface area (TPSA) is 57.8 Å². The van der Waals surface area contributed by atoms with Gasteiger partial charge in [-0.3, -0.25) is 4.79 Å². The number of nitrogens with one attached hydrogen (secondary N) is 2. The Labute approximate surface area is 147 Å². The molecule has 1 aromatic carbocycles. The van der Waals surface area contributed by atoms with Gasteiger partial charge in [-0.2, -0.15) is 0 Å². The number of H-pyrrole nitrogens is 1. The Morgan fingerprint density at radius 3 is 2.80 bits per heavy atom. The first-order valence-corrected chi connectivity index (χ1v) is 8.71. The number of carbonyl (C=O) groups excluding carboxylic acids is 1. The number of aryl methyl sites for hydroxylation is 1. The molecule has 4 rings (SSSR count). The minimum Gasteiger partial charge on any atom is -0.373 e. The Hall–Kier alpha value is -2.88. The highest BCUT2D eigenvalue weighted by Crippen LogP contribution is 2.34. The number of rotatable bonds is 4. The predicted molar refractivity (Wildman–Crippen MR) is 100 cm³/mol. The first-order valence-electron chi connectivity index (χ1n) is 8.71. The van der Waals surface area contributed by atoms with Crippen LogP contribution >= 0.6 is 0 Å². The molecule has 1 aliphatic rings. The van der Waals surface area contributed by atoms with Crippen LogP contribution in [0, 0.1) is 0 Å². The fourth-order valence-corrected chi connectivity index (χ4v) is 3.62. The van der Waals surface area contributed by atoms with Crippen molar-refractivity contribution in [2.24, 2.45) is 0 Å². The Morgan fingerprint density at radius 2 is 2.00 bits per heavy atom. The summed E-state index contributed by atoms with van der Waals surface area (Å²) in [5, 5.41) is 3.08. The van der Waals surface area contributed by atoms with Gasteiger partial charge in [-0.25, -0.2) is 4.98 Å². The summed E-state index contributed by atoms with van der Waals surface area (Å²) in [6, 6.07) is 14.4. The number of pyridine rings is 1. The molecule has 4 heteroatoms. The maximum absolute atomic E-state index is 12.6. The van der Waals surface area contributed by atoms with Gasteiger partial charge in [0.1, 0.15) is 5.82 Å². The second-order valence-corrected chi connectivity index (χ2v) is 6.45. The molecule has 4 nitrogen and oxygen atoms in total. The van der Waals surface area contributed by atoms with E-state index >= 15 is 0 Å². The Bertz CT molecular complexity index is 912. The van der Waals surface area contributed by atoms with E-state index in [0.717, 1.165) is 53.2 Å². The number of hydrogen-bond acceptors (Lipinski definition) is 3. The lowest BCUT2D eigenvalue weighted by molar-refractivity contribution is 0.0971. The summed E-state index contributed by atoms with van der Waals surface area (Å²) in [5.41, 5.74) is 6.43. The molecule has 0 radical (unpaired) electrons. The minimum atomic E-state index is 0.262. The van der Waals surface area contributed by atoms with E-state index in [-0.39, 0.29) is 5.78 Å². The first kappa shape index (κ1) is 15.6. The number of nitrogens with zero attached hydrogens (tertiary/aromatic N) is 1. The summed E-state index contributed by atoms with van der Waals surface area (Å²) >= 11 is 0. The van der Waals surface area contributed by atoms with Crippen LogP contribution < -0.4 is 5.32 Å². The summed E-state index contributed by atoms with van der Waals surface area (Å²) in [6.07, 6.45) is 5.06. The van der Waals surface area contributed by atoms with Crippen molar-refractivity contribution in [1.82, 2.24) is 9.97 Å². The zero-order valence-electron chi connectivity index (χ0n) is 14.3. The molecule has 0 unspecified atom stereocenters. The molecule has 2 aromatic heterocycles. The number of anilines is 1. The van der Waals surface area contributed by atoms with Crippen molar-refractivity contribution >= 4 is 11.6 Å². The van der Waals surface area contributed by atoms with Gasteiger partial charge in [0.25, 0.3) is 0 Å². The molecule has 0 bridgehead atoms. The molecular weight excluding hydrogens is 310 g/mol. The Balaban J connectivity index is 1.87. The maximum Gasteiger partial charge on any atom is 0.165 e. The molecular formula is C21H21N3O.